The van der Waals surface area contributed by atoms with Crippen molar-refractivity contribution in [2.24, 2.45) is 0 Å². The number of nitrogens with zero attached hydrogens (tertiary/aromatic N) is 2. The van der Waals surface area contributed by atoms with E-state index in [1.54, 1.807) is 18.3 Å². The van der Waals surface area contributed by atoms with Crippen LogP contribution in [0.2, 0.25) is 0 Å². The van der Waals surface area contributed by atoms with E-state index in [2.05, 4.69) is 15.2 Å². The summed E-state index contributed by atoms with van der Waals surface area (Å²) in [7, 11) is 1.46. The minimum absolute atomic E-state index is 0.0905. The molecule has 1 aliphatic heterocycles. The van der Waals surface area contributed by atoms with Crippen molar-refractivity contribution in [3.63, 3.8) is 0 Å². The van der Waals surface area contributed by atoms with E-state index in [-0.39, 0.29) is 23.5 Å². The lowest BCUT2D eigenvalue weighted by Crippen LogP contribution is -2.44. The van der Waals surface area contributed by atoms with Gasteiger partial charge in [-0.2, -0.15) is 0 Å². The highest BCUT2D eigenvalue weighted by molar-refractivity contribution is 7.99. The average Bonchev–Trinajstić information content (AvgIpc) is 2.81. The first-order valence-electron chi connectivity index (χ1n) is 10.7. The standard InChI is InChI=1S/C25H26FN3O2S/c1-31-23-10-9-18(16-22(23)26)17-29-14-11-19(12-15-29)28-24(30)21-8-5-13-27-25(21)32-20-6-3-2-4-7-20/h2-10,13,16,19H,11-12,14-15,17H2,1H3,(H,28,30). The lowest BCUT2D eigenvalue weighted by Gasteiger charge is -2.32. The van der Waals surface area contributed by atoms with Crippen LogP contribution in [0.3, 0.4) is 0 Å². The fraction of sp³-hybridized carbons (Fsp3) is 0.280. The van der Waals surface area contributed by atoms with Crippen LogP contribution in [0.4, 0.5) is 4.39 Å². The third-order valence-corrected chi connectivity index (χ3v) is 6.55. The molecule has 7 heteroatoms. The number of benzene rings is 2. The summed E-state index contributed by atoms with van der Waals surface area (Å²) in [5.41, 5.74) is 1.52. The van der Waals surface area contributed by atoms with Crippen molar-refractivity contribution >= 4 is 17.7 Å². The molecule has 0 radical (unpaired) electrons. The molecule has 5 nitrogen and oxygen atoms in total. The van der Waals surface area contributed by atoms with Crippen molar-refractivity contribution in [1.82, 2.24) is 15.2 Å². The first-order valence-corrected chi connectivity index (χ1v) is 11.5. The van der Waals surface area contributed by atoms with Crippen LogP contribution in [0, 0.1) is 5.82 Å². The van der Waals surface area contributed by atoms with Crippen molar-refractivity contribution < 1.29 is 13.9 Å². The average molecular weight is 452 g/mol. The molecule has 1 saturated heterocycles. The Kier molecular flexibility index (Phi) is 7.39. The number of nitrogens with one attached hydrogen (secondary N) is 1. The molecule has 0 atom stereocenters. The van der Waals surface area contributed by atoms with E-state index >= 15 is 0 Å². The quantitative estimate of drug-likeness (QED) is 0.561. The number of carbonyl (C=O) groups is 1. The molecule has 0 saturated carbocycles. The third-order valence-electron chi connectivity index (χ3n) is 5.52. The highest BCUT2D eigenvalue weighted by Crippen LogP contribution is 2.28. The van der Waals surface area contributed by atoms with E-state index in [1.807, 2.05) is 42.5 Å². The SMILES string of the molecule is COc1ccc(CN2CCC(NC(=O)c3cccnc3Sc3ccccc3)CC2)cc1F. The Balaban J connectivity index is 1.32. The van der Waals surface area contributed by atoms with E-state index in [1.165, 1.54) is 24.9 Å². The summed E-state index contributed by atoms with van der Waals surface area (Å²) in [6, 6.07) is 18.7. The van der Waals surface area contributed by atoms with Gasteiger partial charge >= 0.3 is 0 Å². The van der Waals surface area contributed by atoms with Gasteiger partial charge in [-0.15, -0.1) is 0 Å². The minimum Gasteiger partial charge on any atom is -0.494 e. The lowest BCUT2D eigenvalue weighted by atomic mass is 10.0. The van der Waals surface area contributed by atoms with Crippen LogP contribution in [0.25, 0.3) is 0 Å². The van der Waals surface area contributed by atoms with Gasteiger partial charge in [0.05, 0.1) is 12.7 Å². The van der Waals surface area contributed by atoms with E-state index in [0.717, 1.165) is 36.4 Å². The van der Waals surface area contributed by atoms with Crippen molar-refractivity contribution in [3.05, 3.63) is 83.8 Å². The topological polar surface area (TPSA) is 54.5 Å². The molecule has 0 spiro atoms. The van der Waals surface area contributed by atoms with E-state index in [0.29, 0.717) is 17.1 Å². The number of hydrogen-bond acceptors (Lipinski definition) is 5. The van der Waals surface area contributed by atoms with Crippen molar-refractivity contribution in [1.29, 1.82) is 0 Å². The molecule has 32 heavy (non-hydrogen) atoms. The molecule has 0 aliphatic carbocycles. The van der Waals surface area contributed by atoms with Gasteiger partial charge in [0.25, 0.3) is 5.91 Å². The zero-order valence-corrected chi connectivity index (χ0v) is 18.8. The van der Waals surface area contributed by atoms with Gasteiger partial charge < -0.3 is 10.1 Å². The predicted molar refractivity (Wildman–Crippen MR) is 124 cm³/mol. The first-order chi connectivity index (χ1) is 15.6. The summed E-state index contributed by atoms with van der Waals surface area (Å²) in [6.45, 7) is 2.37. The molecule has 1 fully saturated rings. The molecule has 2 heterocycles. The van der Waals surface area contributed by atoms with Gasteiger partial charge in [0.1, 0.15) is 5.03 Å². The van der Waals surface area contributed by atoms with E-state index in [4.69, 9.17) is 4.74 Å². The zero-order valence-electron chi connectivity index (χ0n) is 18.0. The highest BCUT2D eigenvalue weighted by atomic mass is 32.2. The second-order valence-corrected chi connectivity index (χ2v) is 8.83. The Morgan fingerprint density at radius 1 is 1.16 bits per heavy atom. The van der Waals surface area contributed by atoms with Crippen LogP contribution in [0.15, 0.2) is 76.8 Å². The number of amides is 1. The maximum Gasteiger partial charge on any atom is 0.254 e. The van der Waals surface area contributed by atoms with Crippen LogP contribution >= 0.6 is 11.8 Å². The number of carbonyl (C=O) groups excluding carboxylic acids is 1. The van der Waals surface area contributed by atoms with E-state index in [9.17, 15) is 9.18 Å². The van der Waals surface area contributed by atoms with Crippen LogP contribution in [0.1, 0.15) is 28.8 Å². The Hall–Kier alpha value is -2.90. The van der Waals surface area contributed by atoms with Gasteiger partial charge in [0, 0.05) is 36.8 Å². The summed E-state index contributed by atoms with van der Waals surface area (Å²) < 4.78 is 18.9. The van der Waals surface area contributed by atoms with Gasteiger partial charge in [-0.25, -0.2) is 9.37 Å². The fourth-order valence-electron chi connectivity index (χ4n) is 3.81. The number of methoxy groups -OCH3 is 1. The number of aromatic nitrogens is 1. The largest absolute Gasteiger partial charge is 0.494 e. The number of piperidine rings is 1. The lowest BCUT2D eigenvalue weighted by molar-refractivity contribution is 0.0905. The molecule has 1 amide bonds. The van der Waals surface area contributed by atoms with Crippen LogP contribution in [-0.2, 0) is 6.54 Å². The predicted octanol–water partition coefficient (Wildman–Crippen LogP) is 4.77. The van der Waals surface area contributed by atoms with Crippen molar-refractivity contribution in [3.8, 4) is 5.75 Å². The maximum absolute atomic E-state index is 13.9. The molecule has 1 N–H and O–H groups in total. The van der Waals surface area contributed by atoms with Gasteiger partial charge in [-0.05, 0) is 54.8 Å². The number of hydrogen-bond donors (Lipinski definition) is 1. The van der Waals surface area contributed by atoms with Gasteiger partial charge in [-0.1, -0.05) is 36.0 Å². The summed E-state index contributed by atoms with van der Waals surface area (Å²) >= 11 is 1.49. The second-order valence-electron chi connectivity index (χ2n) is 7.76. The monoisotopic (exact) mass is 451 g/mol. The Morgan fingerprint density at radius 2 is 1.94 bits per heavy atom. The van der Waals surface area contributed by atoms with Crippen molar-refractivity contribution in [2.45, 2.75) is 35.3 Å². The Morgan fingerprint density at radius 3 is 2.66 bits per heavy atom. The molecule has 0 bridgehead atoms. The van der Waals surface area contributed by atoms with Gasteiger partial charge in [0.2, 0.25) is 0 Å². The molecule has 4 rings (SSSR count). The maximum atomic E-state index is 13.9. The Labute approximate surface area is 192 Å². The fourth-order valence-corrected chi connectivity index (χ4v) is 4.71. The highest BCUT2D eigenvalue weighted by Gasteiger charge is 2.23. The molecule has 3 aromatic rings. The number of likely N-dealkylation sites (tertiary alicyclic amines) is 1. The smallest absolute Gasteiger partial charge is 0.254 e. The summed E-state index contributed by atoms with van der Waals surface area (Å²) in [4.78, 5) is 20.7. The second kappa shape index (κ2) is 10.6. The van der Waals surface area contributed by atoms with Crippen molar-refractivity contribution in [2.75, 3.05) is 20.2 Å². The zero-order chi connectivity index (χ0) is 22.3. The molecule has 1 aliphatic rings. The van der Waals surface area contributed by atoms with Gasteiger partial charge in [-0.3, -0.25) is 9.69 Å². The number of ether oxygens (including phenoxy) is 1. The van der Waals surface area contributed by atoms with Gasteiger partial charge in [0.15, 0.2) is 11.6 Å². The third kappa shape index (κ3) is 5.66. The molecule has 0 unspecified atom stereocenters. The molecular formula is C25H26FN3O2S. The molecule has 2 aromatic carbocycles. The van der Waals surface area contributed by atoms with Crippen LogP contribution in [0.5, 0.6) is 5.75 Å². The van der Waals surface area contributed by atoms with E-state index < -0.39 is 0 Å². The number of halogens is 1. The summed E-state index contributed by atoms with van der Waals surface area (Å²) in [6.07, 6.45) is 3.42. The van der Waals surface area contributed by atoms with Crippen LogP contribution < -0.4 is 10.1 Å². The first kappa shape index (κ1) is 22.3. The molecule has 1 aromatic heterocycles. The summed E-state index contributed by atoms with van der Waals surface area (Å²) in [5, 5.41) is 3.88. The number of pyridine rings is 1. The molecular weight excluding hydrogens is 425 g/mol. The minimum atomic E-state index is -0.340. The summed E-state index contributed by atoms with van der Waals surface area (Å²) in [5.74, 6) is -0.171. The molecule has 166 valence electrons. The normalized spacial score (nSPS) is 14.8. The van der Waals surface area contributed by atoms with Crippen LogP contribution in [-0.4, -0.2) is 42.0 Å². The number of rotatable bonds is 7. The Bertz CT molecular complexity index is 1060.